The highest BCUT2D eigenvalue weighted by Gasteiger charge is 2.17. The van der Waals surface area contributed by atoms with Gasteiger partial charge < -0.3 is 15.0 Å². The minimum Gasteiger partial charge on any atom is -0.385 e. The quantitative estimate of drug-likeness (QED) is 0.909. The molecule has 0 aliphatic rings. The van der Waals surface area contributed by atoms with Gasteiger partial charge in [-0.3, -0.25) is 4.79 Å². The molecule has 0 radical (unpaired) electrons. The summed E-state index contributed by atoms with van der Waals surface area (Å²) >= 11 is 5.80. The van der Waals surface area contributed by atoms with Crippen molar-refractivity contribution in [3.63, 3.8) is 0 Å². The van der Waals surface area contributed by atoms with Gasteiger partial charge in [-0.15, -0.1) is 0 Å². The molecule has 1 heterocycles. The molecule has 106 valence electrons. The normalized spacial score (nSPS) is 12.2. The minimum absolute atomic E-state index is 0.0264. The number of aryl methyl sites for hydroxylation is 1. The second kappa shape index (κ2) is 6.07. The highest BCUT2D eigenvalue weighted by atomic mass is 35.5. The summed E-state index contributed by atoms with van der Waals surface area (Å²) in [6.45, 7) is -0.0264. The Hall–Kier alpha value is -1.85. The number of amides is 1. The van der Waals surface area contributed by atoms with E-state index in [2.05, 4.69) is 5.32 Å². The lowest BCUT2D eigenvalue weighted by Crippen LogP contribution is -2.29. The number of benzene rings is 1. The highest BCUT2D eigenvalue weighted by Crippen LogP contribution is 2.19. The number of rotatable bonds is 4. The topological polar surface area (TPSA) is 54.3 Å². The molecule has 1 aromatic carbocycles. The van der Waals surface area contributed by atoms with Crippen LogP contribution in [0, 0.1) is 5.82 Å². The number of halogens is 2. The maximum Gasteiger partial charge on any atom is 0.255 e. The lowest BCUT2D eigenvalue weighted by Gasteiger charge is -2.13. The molecule has 1 aromatic heterocycles. The van der Waals surface area contributed by atoms with E-state index in [1.807, 2.05) is 0 Å². The van der Waals surface area contributed by atoms with Crippen molar-refractivity contribution in [3.8, 4) is 0 Å². The summed E-state index contributed by atoms with van der Waals surface area (Å²) in [5.74, 6) is -1.34. The molecule has 4 nitrogen and oxygen atoms in total. The third-order valence-corrected chi connectivity index (χ3v) is 3.29. The summed E-state index contributed by atoms with van der Waals surface area (Å²) < 4.78 is 15.3. The molecular formula is C14H14ClFN2O2. The lowest BCUT2D eigenvalue weighted by molar-refractivity contribution is 0.0908. The number of aliphatic hydroxyl groups is 1. The number of carbonyl (C=O) groups excluding carboxylic acids is 1. The van der Waals surface area contributed by atoms with Gasteiger partial charge in [0, 0.05) is 25.5 Å². The zero-order chi connectivity index (χ0) is 14.7. The molecule has 0 spiro atoms. The predicted molar refractivity (Wildman–Crippen MR) is 74.1 cm³/mol. The predicted octanol–water partition coefficient (Wildman–Crippen LogP) is 2.28. The van der Waals surface area contributed by atoms with E-state index < -0.39 is 17.8 Å². The zero-order valence-electron chi connectivity index (χ0n) is 10.8. The molecule has 0 saturated carbocycles. The summed E-state index contributed by atoms with van der Waals surface area (Å²) in [6, 6.07) is 7.55. The van der Waals surface area contributed by atoms with Gasteiger partial charge in [0.15, 0.2) is 0 Å². The van der Waals surface area contributed by atoms with Crippen LogP contribution in [0.5, 0.6) is 0 Å². The molecule has 20 heavy (non-hydrogen) atoms. The fraction of sp³-hybridized carbons (Fsp3) is 0.214. The van der Waals surface area contributed by atoms with Crippen molar-refractivity contribution in [2.45, 2.75) is 6.10 Å². The molecule has 0 saturated heterocycles. The van der Waals surface area contributed by atoms with Crippen LogP contribution in [0.3, 0.4) is 0 Å². The summed E-state index contributed by atoms with van der Waals surface area (Å²) in [5, 5.41) is 12.5. The number of carbonyl (C=O) groups is 1. The van der Waals surface area contributed by atoms with E-state index in [1.165, 1.54) is 12.1 Å². The number of nitrogens with zero attached hydrogens (tertiary/aromatic N) is 1. The first kappa shape index (κ1) is 14.6. The molecule has 2 rings (SSSR count). The van der Waals surface area contributed by atoms with Gasteiger partial charge in [-0.2, -0.15) is 0 Å². The Bertz CT molecular complexity index is 607. The molecular weight excluding hydrogens is 283 g/mol. The van der Waals surface area contributed by atoms with Gasteiger partial charge in [0.05, 0.1) is 10.6 Å². The van der Waals surface area contributed by atoms with Crippen LogP contribution < -0.4 is 5.32 Å². The van der Waals surface area contributed by atoms with Crippen LogP contribution in [0.2, 0.25) is 5.02 Å². The minimum atomic E-state index is -0.871. The number of aromatic nitrogens is 1. The molecule has 1 atom stereocenters. The Balaban J connectivity index is 2.04. The Morgan fingerprint density at radius 2 is 2.20 bits per heavy atom. The first-order chi connectivity index (χ1) is 9.50. The van der Waals surface area contributed by atoms with Gasteiger partial charge in [0.1, 0.15) is 11.9 Å². The Kier molecular flexibility index (Phi) is 4.42. The van der Waals surface area contributed by atoms with Crippen molar-refractivity contribution in [3.05, 3.63) is 58.6 Å². The van der Waals surface area contributed by atoms with E-state index in [-0.39, 0.29) is 17.1 Å². The molecule has 6 heteroatoms. The van der Waals surface area contributed by atoms with Crippen LogP contribution in [0.1, 0.15) is 22.2 Å². The van der Waals surface area contributed by atoms with E-state index in [0.29, 0.717) is 5.69 Å². The fourth-order valence-corrected chi connectivity index (χ4v) is 2.17. The summed E-state index contributed by atoms with van der Waals surface area (Å²) in [5.41, 5.74) is 0.443. The van der Waals surface area contributed by atoms with Crippen LogP contribution >= 0.6 is 11.6 Å². The lowest BCUT2D eigenvalue weighted by atomic mass is 10.2. The average molecular weight is 297 g/mol. The van der Waals surface area contributed by atoms with Gasteiger partial charge in [0.2, 0.25) is 0 Å². The summed E-state index contributed by atoms with van der Waals surface area (Å²) in [7, 11) is 1.79. The van der Waals surface area contributed by atoms with Crippen molar-refractivity contribution in [1.82, 2.24) is 9.88 Å². The van der Waals surface area contributed by atoms with Crippen molar-refractivity contribution >= 4 is 17.5 Å². The van der Waals surface area contributed by atoms with Crippen LogP contribution in [0.4, 0.5) is 4.39 Å². The van der Waals surface area contributed by atoms with Crippen LogP contribution in [0.25, 0.3) is 0 Å². The third-order valence-electron chi connectivity index (χ3n) is 2.97. The smallest absolute Gasteiger partial charge is 0.255 e. The van der Waals surface area contributed by atoms with Crippen molar-refractivity contribution in [2.24, 2.45) is 7.05 Å². The van der Waals surface area contributed by atoms with Gasteiger partial charge in [-0.05, 0) is 24.3 Å². The van der Waals surface area contributed by atoms with E-state index in [4.69, 9.17) is 11.6 Å². The Labute approximate surface area is 120 Å². The summed E-state index contributed by atoms with van der Waals surface area (Å²) in [6.07, 6.45) is 0.915. The summed E-state index contributed by atoms with van der Waals surface area (Å²) in [4.78, 5) is 11.9. The van der Waals surface area contributed by atoms with Crippen LogP contribution in [-0.4, -0.2) is 22.1 Å². The van der Waals surface area contributed by atoms with E-state index in [1.54, 1.807) is 29.9 Å². The SMILES string of the molecule is Cn1cccc1[C@@H](O)CNC(=O)c1c(F)cccc1Cl. The molecule has 1 amide bonds. The van der Waals surface area contributed by atoms with E-state index >= 15 is 0 Å². The molecule has 0 aliphatic carbocycles. The van der Waals surface area contributed by atoms with Crippen molar-refractivity contribution < 1.29 is 14.3 Å². The second-order valence-electron chi connectivity index (χ2n) is 4.37. The molecule has 2 aromatic rings. The average Bonchev–Trinajstić information content (AvgIpc) is 2.82. The monoisotopic (exact) mass is 296 g/mol. The first-order valence-corrected chi connectivity index (χ1v) is 6.40. The zero-order valence-corrected chi connectivity index (χ0v) is 11.6. The largest absolute Gasteiger partial charge is 0.385 e. The van der Waals surface area contributed by atoms with E-state index in [9.17, 15) is 14.3 Å². The molecule has 0 bridgehead atoms. The standard InChI is InChI=1S/C14H14ClFN2O2/c1-18-7-3-6-11(18)12(19)8-17-14(20)13-9(15)4-2-5-10(13)16/h2-7,12,19H,8H2,1H3,(H,17,20)/t12-/m0/s1. The maximum atomic E-state index is 13.6. The number of hydrogen-bond donors (Lipinski definition) is 2. The van der Waals surface area contributed by atoms with Gasteiger partial charge in [-0.25, -0.2) is 4.39 Å². The Morgan fingerprint density at radius 3 is 2.80 bits per heavy atom. The van der Waals surface area contributed by atoms with Crippen LogP contribution in [0.15, 0.2) is 36.5 Å². The van der Waals surface area contributed by atoms with Gasteiger partial charge >= 0.3 is 0 Å². The highest BCUT2D eigenvalue weighted by molar-refractivity contribution is 6.33. The van der Waals surface area contributed by atoms with Crippen molar-refractivity contribution in [2.75, 3.05) is 6.54 Å². The van der Waals surface area contributed by atoms with Crippen molar-refractivity contribution in [1.29, 1.82) is 0 Å². The Morgan fingerprint density at radius 1 is 1.45 bits per heavy atom. The number of aliphatic hydroxyl groups excluding tert-OH is 1. The molecule has 2 N–H and O–H groups in total. The molecule has 0 fully saturated rings. The number of hydrogen-bond acceptors (Lipinski definition) is 2. The fourth-order valence-electron chi connectivity index (χ4n) is 1.92. The molecule has 0 aliphatic heterocycles. The van der Waals surface area contributed by atoms with Crippen LogP contribution in [-0.2, 0) is 7.05 Å². The van der Waals surface area contributed by atoms with Gasteiger partial charge in [0.25, 0.3) is 5.91 Å². The van der Waals surface area contributed by atoms with E-state index in [0.717, 1.165) is 6.07 Å². The second-order valence-corrected chi connectivity index (χ2v) is 4.77. The first-order valence-electron chi connectivity index (χ1n) is 6.02. The van der Waals surface area contributed by atoms with Gasteiger partial charge in [-0.1, -0.05) is 17.7 Å². The number of nitrogens with one attached hydrogen (secondary N) is 1. The molecule has 0 unspecified atom stereocenters. The third kappa shape index (κ3) is 3.00. The maximum absolute atomic E-state index is 13.6.